The minimum absolute atomic E-state index is 0.0425. The Balaban J connectivity index is 1.88. The maximum atomic E-state index is 11.9. The summed E-state index contributed by atoms with van der Waals surface area (Å²) in [7, 11) is 1.60. The summed E-state index contributed by atoms with van der Waals surface area (Å²) in [6.45, 7) is 3.68. The fourth-order valence-corrected chi connectivity index (χ4v) is 1.96. The molecule has 2 rings (SSSR count). The van der Waals surface area contributed by atoms with Crippen LogP contribution in [0.3, 0.4) is 0 Å². The van der Waals surface area contributed by atoms with E-state index in [9.17, 15) is 4.79 Å². The summed E-state index contributed by atoms with van der Waals surface area (Å²) in [6.07, 6.45) is 2.45. The van der Waals surface area contributed by atoms with E-state index < -0.39 is 0 Å². The van der Waals surface area contributed by atoms with Crippen molar-refractivity contribution < 1.29 is 19.0 Å². The number of nitrogens with zero attached hydrogens (tertiary/aromatic N) is 1. The van der Waals surface area contributed by atoms with Gasteiger partial charge in [0.05, 0.1) is 25.4 Å². The molecule has 0 spiro atoms. The molecule has 0 radical (unpaired) electrons. The average molecular weight is 280 g/mol. The van der Waals surface area contributed by atoms with Crippen molar-refractivity contribution in [1.29, 1.82) is 0 Å². The molecular weight excluding hydrogens is 260 g/mol. The second kappa shape index (κ2) is 7.21. The van der Waals surface area contributed by atoms with E-state index in [1.807, 2.05) is 6.92 Å². The van der Waals surface area contributed by atoms with Crippen LogP contribution in [-0.2, 0) is 9.47 Å². The molecule has 6 heteroatoms. The first-order valence-electron chi connectivity index (χ1n) is 6.69. The van der Waals surface area contributed by atoms with Gasteiger partial charge < -0.3 is 19.5 Å². The van der Waals surface area contributed by atoms with E-state index in [2.05, 4.69) is 10.3 Å². The van der Waals surface area contributed by atoms with Gasteiger partial charge in [-0.05, 0) is 13.0 Å². The van der Waals surface area contributed by atoms with Gasteiger partial charge in [-0.1, -0.05) is 0 Å². The molecule has 1 aromatic rings. The molecular formula is C14H20N2O4. The highest BCUT2D eigenvalue weighted by atomic mass is 16.5. The lowest BCUT2D eigenvalue weighted by molar-refractivity contribution is 0.0905. The van der Waals surface area contributed by atoms with Crippen LogP contribution in [0.2, 0.25) is 0 Å². The Bertz CT molecular complexity index is 429. The Hall–Kier alpha value is -1.66. The summed E-state index contributed by atoms with van der Waals surface area (Å²) < 4.78 is 15.8. The van der Waals surface area contributed by atoms with Crippen molar-refractivity contribution in [3.63, 3.8) is 0 Å². The summed E-state index contributed by atoms with van der Waals surface area (Å²) >= 11 is 0. The summed E-state index contributed by atoms with van der Waals surface area (Å²) in [4.78, 5) is 16.1. The van der Waals surface area contributed by atoms with E-state index in [4.69, 9.17) is 14.2 Å². The Morgan fingerprint density at radius 1 is 1.60 bits per heavy atom. The number of rotatable bonds is 6. The van der Waals surface area contributed by atoms with Crippen LogP contribution in [0.4, 0.5) is 0 Å². The fraction of sp³-hybridized carbons (Fsp3) is 0.571. The zero-order valence-corrected chi connectivity index (χ0v) is 11.8. The maximum Gasteiger partial charge on any atom is 0.253 e. The van der Waals surface area contributed by atoms with Gasteiger partial charge in [0.25, 0.3) is 5.91 Å². The maximum absolute atomic E-state index is 11.9. The van der Waals surface area contributed by atoms with Gasteiger partial charge in [-0.15, -0.1) is 0 Å². The van der Waals surface area contributed by atoms with E-state index in [0.717, 1.165) is 13.0 Å². The number of nitrogens with one attached hydrogen (secondary N) is 1. The average Bonchev–Trinajstić information content (AvgIpc) is 2.92. The van der Waals surface area contributed by atoms with Crippen molar-refractivity contribution in [2.45, 2.75) is 25.5 Å². The zero-order chi connectivity index (χ0) is 14.4. The third kappa shape index (κ3) is 4.18. The Labute approximate surface area is 118 Å². The van der Waals surface area contributed by atoms with E-state index >= 15 is 0 Å². The lowest BCUT2D eigenvalue weighted by Gasteiger charge is -2.13. The number of pyridine rings is 1. The predicted octanol–water partition coefficient (Wildman–Crippen LogP) is 1.01. The van der Waals surface area contributed by atoms with Crippen LogP contribution < -0.4 is 10.1 Å². The molecule has 110 valence electrons. The molecule has 0 saturated carbocycles. The van der Waals surface area contributed by atoms with Crippen LogP contribution in [-0.4, -0.2) is 50.0 Å². The van der Waals surface area contributed by atoms with Crippen molar-refractivity contribution in [1.82, 2.24) is 10.3 Å². The molecule has 2 heterocycles. The summed E-state index contributed by atoms with van der Waals surface area (Å²) in [5.74, 6) is 0.347. The van der Waals surface area contributed by atoms with Crippen molar-refractivity contribution in [3.8, 4) is 5.88 Å². The Morgan fingerprint density at radius 2 is 2.45 bits per heavy atom. The normalized spacial score (nSPS) is 19.6. The first-order valence-corrected chi connectivity index (χ1v) is 6.69. The number of carbonyl (C=O) groups is 1. The number of amides is 1. The van der Waals surface area contributed by atoms with Gasteiger partial charge in [-0.2, -0.15) is 0 Å². The quantitative estimate of drug-likeness (QED) is 0.842. The smallest absolute Gasteiger partial charge is 0.253 e. The molecule has 0 bridgehead atoms. The lowest BCUT2D eigenvalue weighted by Crippen LogP contribution is -2.35. The molecule has 1 aliphatic heterocycles. The van der Waals surface area contributed by atoms with Gasteiger partial charge in [-0.25, -0.2) is 4.98 Å². The number of hydrogen-bond donors (Lipinski definition) is 1. The second-order valence-electron chi connectivity index (χ2n) is 4.82. The van der Waals surface area contributed by atoms with Crippen LogP contribution in [0.15, 0.2) is 18.3 Å². The fourth-order valence-electron chi connectivity index (χ4n) is 1.96. The molecule has 2 unspecified atom stereocenters. The lowest BCUT2D eigenvalue weighted by atomic mass is 10.2. The highest BCUT2D eigenvalue weighted by molar-refractivity contribution is 5.94. The van der Waals surface area contributed by atoms with Gasteiger partial charge in [0.2, 0.25) is 5.88 Å². The molecule has 2 atom stereocenters. The van der Waals surface area contributed by atoms with Crippen molar-refractivity contribution >= 4 is 5.91 Å². The molecule has 0 aromatic carbocycles. The van der Waals surface area contributed by atoms with Gasteiger partial charge in [0, 0.05) is 31.8 Å². The zero-order valence-electron chi connectivity index (χ0n) is 11.8. The first kappa shape index (κ1) is 14.7. The van der Waals surface area contributed by atoms with Crippen LogP contribution in [0, 0.1) is 0 Å². The summed E-state index contributed by atoms with van der Waals surface area (Å²) in [6, 6.07) is 3.36. The molecule has 20 heavy (non-hydrogen) atoms. The predicted molar refractivity (Wildman–Crippen MR) is 72.9 cm³/mol. The molecule has 1 N–H and O–H groups in total. The Morgan fingerprint density at radius 3 is 3.05 bits per heavy atom. The molecule has 1 aliphatic rings. The molecule has 1 amide bonds. The molecule has 1 fully saturated rings. The van der Waals surface area contributed by atoms with E-state index in [1.54, 1.807) is 19.2 Å². The monoisotopic (exact) mass is 280 g/mol. The SMILES string of the molecule is COCC(C)NC(=O)c1ccc(OC2CCOC2)nc1. The topological polar surface area (TPSA) is 69.7 Å². The number of ether oxygens (including phenoxy) is 3. The molecule has 1 saturated heterocycles. The number of methoxy groups -OCH3 is 1. The molecule has 1 aromatic heterocycles. The van der Waals surface area contributed by atoms with Gasteiger partial charge in [0.15, 0.2) is 0 Å². The summed E-state index contributed by atoms with van der Waals surface area (Å²) in [5, 5.41) is 2.82. The highest BCUT2D eigenvalue weighted by Gasteiger charge is 2.18. The second-order valence-corrected chi connectivity index (χ2v) is 4.82. The van der Waals surface area contributed by atoms with Gasteiger partial charge in [0.1, 0.15) is 6.10 Å². The van der Waals surface area contributed by atoms with Crippen LogP contribution in [0.25, 0.3) is 0 Å². The van der Waals surface area contributed by atoms with E-state index in [0.29, 0.717) is 24.7 Å². The summed E-state index contributed by atoms with van der Waals surface area (Å²) in [5.41, 5.74) is 0.503. The minimum atomic E-state index is -0.169. The van der Waals surface area contributed by atoms with Crippen LogP contribution in [0.5, 0.6) is 5.88 Å². The Kier molecular flexibility index (Phi) is 5.31. The van der Waals surface area contributed by atoms with Crippen LogP contribution >= 0.6 is 0 Å². The standard InChI is InChI=1S/C14H20N2O4/c1-10(8-18-2)16-14(17)11-3-4-13(15-7-11)20-12-5-6-19-9-12/h3-4,7,10,12H,5-6,8-9H2,1-2H3,(H,16,17). The van der Waals surface area contributed by atoms with E-state index in [-0.39, 0.29) is 18.1 Å². The molecule has 6 nitrogen and oxygen atoms in total. The third-order valence-electron chi connectivity index (χ3n) is 2.97. The number of hydrogen-bond acceptors (Lipinski definition) is 5. The van der Waals surface area contributed by atoms with Crippen molar-refractivity contribution in [2.75, 3.05) is 26.9 Å². The van der Waals surface area contributed by atoms with Crippen molar-refractivity contribution in [3.05, 3.63) is 23.9 Å². The minimum Gasteiger partial charge on any atom is -0.472 e. The third-order valence-corrected chi connectivity index (χ3v) is 2.97. The number of carbonyl (C=O) groups excluding carboxylic acids is 1. The van der Waals surface area contributed by atoms with E-state index in [1.165, 1.54) is 6.20 Å². The van der Waals surface area contributed by atoms with Gasteiger partial charge in [-0.3, -0.25) is 4.79 Å². The van der Waals surface area contributed by atoms with Crippen LogP contribution in [0.1, 0.15) is 23.7 Å². The first-order chi connectivity index (χ1) is 9.69. The highest BCUT2D eigenvalue weighted by Crippen LogP contribution is 2.14. The largest absolute Gasteiger partial charge is 0.472 e. The molecule has 0 aliphatic carbocycles. The van der Waals surface area contributed by atoms with Gasteiger partial charge >= 0.3 is 0 Å². The van der Waals surface area contributed by atoms with Crippen molar-refractivity contribution in [2.24, 2.45) is 0 Å². The number of aromatic nitrogens is 1.